The number of aliphatic hydroxyl groups excluding tert-OH is 1. The van der Waals surface area contributed by atoms with Crippen LogP contribution in [0, 0.1) is 5.82 Å². The van der Waals surface area contributed by atoms with Crippen LogP contribution in [0.1, 0.15) is 29.3 Å². The molecule has 0 unspecified atom stereocenters. The van der Waals surface area contributed by atoms with Gasteiger partial charge in [-0.1, -0.05) is 12.1 Å². The summed E-state index contributed by atoms with van der Waals surface area (Å²) in [6, 6.07) is 12.6. The zero-order valence-corrected chi connectivity index (χ0v) is 24.1. The van der Waals surface area contributed by atoms with Gasteiger partial charge in [-0.2, -0.15) is 0 Å². The summed E-state index contributed by atoms with van der Waals surface area (Å²) in [5.41, 5.74) is 10.7. The summed E-state index contributed by atoms with van der Waals surface area (Å²) in [4.78, 5) is 21.9. The zero-order chi connectivity index (χ0) is 29.8. The summed E-state index contributed by atoms with van der Waals surface area (Å²) < 4.78 is 36.5. The van der Waals surface area contributed by atoms with Crippen molar-refractivity contribution in [2.75, 3.05) is 37.7 Å². The number of nitrogens with two attached hydrogens (primary N) is 1. The van der Waals surface area contributed by atoms with Crippen molar-refractivity contribution in [3.63, 3.8) is 0 Å². The molecule has 7 rings (SSSR count). The molecule has 43 heavy (non-hydrogen) atoms. The van der Waals surface area contributed by atoms with Gasteiger partial charge in [-0.25, -0.2) is 13.8 Å². The first-order valence-electron chi connectivity index (χ1n) is 14.9. The number of hydrogen-bond acceptors (Lipinski definition) is 5. The van der Waals surface area contributed by atoms with Crippen LogP contribution in [-0.4, -0.2) is 79.6 Å². The predicted molar refractivity (Wildman–Crippen MR) is 163 cm³/mol. The number of aryl methyl sites for hydroxylation is 1. The summed E-state index contributed by atoms with van der Waals surface area (Å²) in [6.45, 7) is 5.43. The molecule has 2 atom stereocenters. The Morgan fingerprint density at radius 3 is 2.77 bits per heavy atom. The Balaban J connectivity index is 1.39. The first-order chi connectivity index (χ1) is 20.8. The van der Waals surface area contributed by atoms with Gasteiger partial charge in [0.05, 0.1) is 42.1 Å². The number of imidazole rings is 1. The molecular formula is C32H35F2N7O2. The number of likely N-dealkylation sites (tertiary alicyclic amines) is 1. The molecule has 0 aliphatic carbocycles. The van der Waals surface area contributed by atoms with E-state index in [4.69, 9.17) is 10.7 Å². The van der Waals surface area contributed by atoms with E-state index >= 15 is 4.39 Å². The van der Waals surface area contributed by atoms with E-state index < -0.39 is 23.9 Å². The van der Waals surface area contributed by atoms with Gasteiger partial charge < -0.3 is 34.3 Å². The fourth-order valence-electron chi connectivity index (χ4n) is 6.75. The lowest BCUT2D eigenvalue weighted by Gasteiger charge is -2.33. The number of aliphatic hydroxyl groups is 1. The number of para-hydroxylation sites is 1. The lowest BCUT2D eigenvalue weighted by atomic mass is 10.0. The second-order valence-electron chi connectivity index (χ2n) is 11.6. The third kappa shape index (κ3) is 4.76. The van der Waals surface area contributed by atoms with Crippen LogP contribution >= 0.6 is 0 Å². The quantitative estimate of drug-likeness (QED) is 0.300. The Labute approximate surface area is 247 Å². The lowest BCUT2D eigenvalue weighted by molar-refractivity contribution is 0.0606. The van der Waals surface area contributed by atoms with Crippen molar-refractivity contribution in [3.05, 3.63) is 71.8 Å². The number of rotatable bonds is 7. The molecule has 9 nitrogen and oxygen atoms in total. The SMILES string of the molecule is CCn1ccc(Cn2c(-c3cc4cccc5c4n3CCN5CCO)nc3cc(C(=O)N4C[C@H](N)C[C@@H](F)C4)cc(F)c32)c1. The highest BCUT2D eigenvalue weighted by Gasteiger charge is 2.31. The predicted octanol–water partition coefficient (Wildman–Crippen LogP) is 3.99. The van der Waals surface area contributed by atoms with Gasteiger partial charge in [0, 0.05) is 62.1 Å². The summed E-state index contributed by atoms with van der Waals surface area (Å²) in [6.07, 6.45) is 3.04. The Kier molecular flexibility index (Phi) is 6.94. The summed E-state index contributed by atoms with van der Waals surface area (Å²) >= 11 is 0. The van der Waals surface area contributed by atoms with Gasteiger partial charge >= 0.3 is 0 Å². The number of carbonyl (C=O) groups is 1. The van der Waals surface area contributed by atoms with E-state index in [2.05, 4.69) is 39.2 Å². The number of piperidine rings is 1. The van der Waals surface area contributed by atoms with Crippen LogP contribution < -0.4 is 10.6 Å². The molecule has 1 fully saturated rings. The molecular weight excluding hydrogens is 552 g/mol. The number of fused-ring (bicyclic) bond motifs is 1. The molecule has 11 heteroatoms. The number of anilines is 1. The van der Waals surface area contributed by atoms with E-state index in [9.17, 15) is 14.3 Å². The molecule has 0 bridgehead atoms. The lowest BCUT2D eigenvalue weighted by Crippen LogP contribution is -2.50. The number of hydrogen-bond donors (Lipinski definition) is 2. The van der Waals surface area contributed by atoms with E-state index in [-0.39, 0.29) is 31.7 Å². The normalized spacial score (nSPS) is 18.7. The smallest absolute Gasteiger partial charge is 0.254 e. The van der Waals surface area contributed by atoms with Crippen LogP contribution in [0.4, 0.5) is 14.5 Å². The van der Waals surface area contributed by atoms with Gasteiger partial charge in [-0.3, -0.25) is 4.79 Å². The molecule has 2 aliphatic rings. The number of β-amino-alcohol motifs (C(OH)–C–C–N with tert-alkyl or cyclic N) is 1. The van der Waals surface area contributed by atoms with Crippen molar-refractivity contribution in [2.24, 2.45) is 5.73 Å². The minimum absolute atomic E-state index is 0.0595. The van der Waals surface area contributed by atoms with Crippen LogP contribution in [0.25, 0.3) is 33.5 Å². The topological polar surface area (TPSA) is 97.5 Å². The van der Waals surface area contributed by atoms with E-state index in [1.807, 2.05) is 29.1 Å². The van der Waals surface area contributed by atoms with Crippen LogP contribution in [0.15, 0.2) is 54.9 Å². The standard InChI is InChI=1S/C32H35F2N7O2/c1-2-37-7-6-20(16-37)17-41-30-25(34)12-22(32(43)39-18-23(33)15-24(35)19-39)13-26(30)36-31(41)28-14-21-4-3-5-27-29(21)40(28)9-8-38(27)10-11-42/h3-7,12-14,16,23-24,42H,2,8-11,15,17-19,35H2,1H3/t23-,24-/m1/s1. The molecule has 0 saturated carbocycles. The van der Waals surface area contributed by atoms with Gasteiger partial charge in [-0.15, -0.1) is 0 Å². The minimum atomic E-state index is -1.21. The highest BCUT2D eigenvalue weighted by atomic mass is 19.1. The van der Waals surface area contributed by atoms with Crippen LogP contribution in [0.2, 0.25) is 0 Å². The van der Waals surface area contributed by atoms with E-state index in [0.717, 1.165) is 34.4 Å². The number of halogens is 2. The maximum Gasteiger partial charge on any atom is 0.254 e. The molecule has 3 aromatic heterocycles. The van der Waals surface area contributed by atoms with Gasteiger partial charge in [0.15, 0.2) is 5.82 Å². The third-order valence-electron chi connectivity index (χ3n) is 8.71. The molecule has 5 heterocycles. The van der Waals surface area contributed by atoms with Crippen LogP contribution in [0.5, 0.6) is 0 Å². The number of nitrogens with zero attached hydrogens (tertiary/aromatic N) is 6. The van der Waals surface area contributed by atoms with Crippen LogP contribution in [-0.2, 0) is 19.6 Å². The van der Waals surface area contributed by atoms with Crippen molar-refractivity contribution in [3.8, 4) is 11.5 Å². The first-order valence-corrected chi connectivity index (χ1v) is 14.9. The Morgan fingerprint density at radius 1 is 1.14 bits per heavy atom. The van der Waals surface area contributed by atoms with Gasteiger partial charge in [0.1, 0.15) is 17.5 Å². The maximum atomic E-state index is 16.1. The minimum Gasteiger partial charge on any atom is -0.395 e. The Hall–Kier alpha value is -4.22. The second-order valence-corrected chi connectivity index (χ2v) is 11.6. The third-order valence-corrected chi connectivity index (χ3v) is 8.71. The zero-order valence-electron chi connectivity index (χ0n) is 24.1. The van der Waals surface area contributed by atoms with Crippen molar-refractivity contribution >= 4 is 33.5 Å². The maximum absolute atomic E-state index is 16.1. The Morgan fingerprint density at radius 2 is 2.00 bits per heavy atom. The Bertz CT molecular complexity index is 1830. The summed E-state index contributed by atoms with van der Waals surface area (Å²) in [7, 11) is 0. The molecule has 5 aromatic rings. The van der Waals surface area contributed by atoms with E-state index in [0.29, 0.717) is 43.0 Å². The molecule has 0 spiro atoms. The summed E-state index contributed by atoms with van der Waals surface area (Å²) in [5.74, 6) is -0.409. The number of benzene rings is 2. The van der Waals surface area contributed by atoms with Gasteiger partial charge in [0.2, 0.25) is 0 Å². The first kappa shape index (κ1) is 27.6. The molecule has 224 valence electrons. The van der Waals surface area contributed by atoms with Gasteiger partial charge in [-0.05, 0) is 49.2 Å². The van der Waals surface area contributed by atoms with E-state index in [1.54, 1.807) is 6.07 Å². The van der Waals surface area contributed by atoms with Crippen molar-refractivity contribution in [1.29, 1.82) is 0 Å². The van der Waals surface area contributed by atoms with Crippen molar-refractivity contribution in [2.45, 2.75) is 45.2 Å². The monoisotopic (exact) mass is 587 g/mol. The average molecular weight is 588 g/mol. The molecule has 2 aromatic carbocycles. The van der Waals surface area contributed by atoms with Crippen molar-refractivity contribution in [1.82, 2.24) is 23.6 Å². The molecule has 1 saturated heterocycles. The fourth-order valence-corrected chi connectivity index (χ4v) is 6.75. The van der Waals surface area contributed by atoms with E-state index in [1.165, 1.54) is 11.0 Å². The van der Waals surface area contributed by atoms with Crippen LogP contribution in [0.3, 0.4) is 0 Å². The highest BCUT2D eigenvalue weighted by Crippen LogP contribution is 2.38. The van der Waals surface area contributed by atoms with Gasteiger partial charge in [0.25, 0.3) is 5.91 Å². The highest BCUT2D eigenvalue weighted by molar-refractivity contribution is 5.99. The van der Waals surface area contributed by atoms with Crippen molar-refractivity contribution < 1.29 is 18.7 Å². The number of amides is 1. The largest absolute Gasteiger partial charge is 0.395 e. The molecule has 3 N–H and O–H groups in total. The second kappa shape index (κ2) is 10.8. The number of carbonyl (C=O) groups excluding carboxylic acids is 1. The molecule has 0 radical (unpaired) electrons. The average Bonchev–Trinajstić information content (AvgIpc) is 3.70. The summed E-state index contributed by atoms with van der Waals surface area (Å²) in [5, 5.41) is 10.7. The molecule has 1 amide bonds. The number of aromatic nitrogens is 4. The molecule has 2 aliphatic heterocycles. The number of alkyl halides is 1. The fraction of sp³-hybridized carbons (Fsp3) is 0.375.